The monoisotopic (exact) mass is 378 g/mol. The molecule has 8 nitrogen and oxygen atoms in total. The summed E-state index contributed by atoms with van der Waals surface area (Å²) in [5.74, 6) is -0.346. The normalized spacial score (nSPS) is 26.0. The average Bonchev–Trinajstić information content (AvgIpc) is 3.21. The lowest BCUT2D eigenvalue weighted by Crippen LogP contribution is -2.48. The highest BCUT2D eigenvalue weighted by Crippen LogP contribution is 2.32. The number of amides is 1. The fourth-order valence-corrected chi connectivity index (χ4v) is 4.45. The summed E-state index contributed by atoms with van der Waals surface area (Å²) in [6, 6.07) is 0.203. The highest BCUT2D eigenvalue weighted by molar-refractivity contribution is 5.76. The van der Waals surface area contributed by atoms with Crippen LogP contribution in [0.5, 0.6) is 0 Å². The van der Waals surface area contributed by atoms with Gasteiger partial charge in [-0.2, -0.15) is 5.10 Å². The van der Waals surface area contributed by atoms with Crippen LogP contribution in [0.15, 0.2) is 0 Å². The van der Waals surface area contributed by atoms with Crippen LogP contribution in [0.4, 0.5) is 0 Å². The van der Waals surface area contributed by atoms with Crippen LogP contribution in [0.25, 0.3) is 0 Å². The van der Waals surface area contributed by atoms with Gasteiger partial charge in [-0.05, 0) is 20.9 Å². The van der Waals surface area contributed by atoms with Gasteiger partial charge in [-0.25, -0.2) is 0 Å². The Morgan fingerprint density at radius 1 is 1.15 bits per heavy atom. The molecule has 1 amide bonds. The van der Waals surface area contributed by atoms with Gasteiger partial charge in [0.1, 0.15) is 6.54 Å². The maximum Gasteiger partial charge on any atom is 0.244 e. The van der Waals surface area contributed by atoms with E-state index in [1.54, 1.807) is 0 Å². The van der Waals surface area contributed by atoms with Gasteiger partial charge in [0, 0.05) is 43.7 Å². The Labute approximate surface area is 160 Å². The molecule has 0 radical (unpaired) electrons. The van der Waals surface area contributed by atoms with E-state index in [9.17, 15) is 4.79 Å². The minimum Gasteiger partial charge on any atom is -0.378 e. The molecule has 3 saturated heterocycles. The number of piperidine rings is 1. The summed E-state index contributed by atoms with van der Waals surface area (Å²) in [7, 11) is 2.12. The summed E-state index contributed by atoms with van der Waals surface area (Å²) in [6.45, 7) is 9.35. The summed E-state index contributed by atoms with van der Waals surface area (Å²) < 4.78 is 19.0. The molecule has 3 fully saturated rings. The lowest BCUT2D eigenvalue weighted by Gasteiger charge is -2.37. The summed E-state index contributed by atoms with van der Waals surface area (Å²) in [5.41, 5.74) is 3.22. The Morgan fingerprint density at radius 2 is 1.85 bits per heavy atom. The number of likely N-dealkylation sites (tertiary alicyclic amines) is 1. The number of likely N-dealkylation sites (N-methyl/N-ethyl adjacent to an activating group) is 1. The third-order valence-electron chi connectivity index (χ3n) is 6.14. The highest BCUT2D eigenvalue weighted by atomic mass is 16.7. The number of aromatic nitrogens is 2. The van der Waals surface area contributed by atoms with Crippen LogP contribution < -0.4 is 0 Å². The number of morpholine rings is 1. The molecular weight excluding hydrogens is 348 g/mol. The zero-order valence-electron chi connectivity index (χ0n) is 16.6. The lowest BCUT2D eigenvalue weighted by atomic mass is 10.0. The molecule has 0 N–H and O–H groups in total. The summed E-state index contributed by atoms with van der Waals surface area (Å²) in [6.07, 6.45) is 1.48. The number of rotatable bonds is 3. The van der Waals surface area contributed by atoms with E-state index in [2.05, 4.69) is 24.0 Å². The van der Waals surface area contributed by atoms with Crippen LogP contribution in [0.1, 0.15) is 35.8 Å². The molecule has 0 saturated carbocycles. The number of aryl methyl sites for hydroxylation is 1. The first-order valence-corrected chi connectivity index (χ1v) is 9.87. The first-order chi connectivity index (χ1) is 13.0. The molecule has 1 spiro atoms. The molecule has 150 valence electrons. The Morgan fingerprint density at radius 3 is 2.52 bits per heavy atom. The first-order valence-electron chi connectivity index (χ1n) is 9.87. The maximum atomic E-state index is 12.8. The lowest BCUT2D eigenvalue weighted by molar-refractivity contribution is -0.187. The van der Waals surface area contributed by atoms with Crippen molar-refractivity contribution in [3.8, 4) is 0 Å². The average molecular weight is 378 g/mol. The molecule has 3 aliphatic heterocycles. The van der Waals surface area contributed by atoms with E-state index in [0.717, 1.165) is 37.4 Å². The molecule has 3 aliphatic rings. The number of carbonyl (C=O) groups excluding carboxylic acids is 1. The molecule has 0 aliphatic carbocycles. The van der Waals surface area contributed by atoms with E-state index < -0.39 is 5.79 Å². The van der Waals surface area contributed by atoms with Crippen LogP contribution >= 0.6 is 0 Å². The van der Waals surface area contributed by atoms with Gasteiger partial charge in [0.05, 0.1) is 38.2 Å². The van der Waals surface area contributed by atoms with E-state index in [1.807, 2.05) is 16.5 Å². The number of hydrogen-bond acceptors (Lipinski definition) is 6. The standard InChI is InChI=1S/C19H30N4O4/c1-14-18(16-13-25-9-8-21(16)3)15(2)23(20-14)12-17(24)22-6-4-19(5-7-22)26-10-11-27-19/h16H,4-13H2,1-3H3. The molecular formula is C19H30N4O4. The van der Waals surface area contributed by atoms with Gasteiger partial charge in [0.2, 0.25) is 5.91 Å². The Bertz CT molecular complexity index is 688. The maximum absolute atomic E-state index is 12.8. The number of carbonyl (C=O) groups is 1. The highest BCUT2D eigenvalue weighted by Gasteiger charge is 2.40. The molecule has 1 aromatic rings. The van der Waals surface area contributed by atoms with Gasteiger partial charge in [0.15, 0.2) is 5.79 Å². The zero-order valence-corrected chi connectivity index (χ0v) is 16.6. The zero-order chi connectivity index (χ0) is 19.0. The Kier molecular flexibility index (Phi) is 5.24. The minimum absolute atomic E-state index is 0.105. The quantitative estimate of drug-likeness (QED) is 0.777. The fourth-order valence-electron chi connectivity index (χ4n) is 4.45. The van der Waals surface area contributed by atoms with Gasteiger partial charge in [-0.15, -0.1) is 0 Å². The van der Waals surface area contributed by atoms with E-state index in [-0.39, 0.29) is 18.5 Å². The number of nitrogens with zero attached hydrogens (tertiary/aromatic N) is 4. The largest absolute Gasteiger partial charge is 0.378 e. The van der Waals surface area contributed by atoms with Crippen LogP contribution in [0.3, 0.4) is 0 Å². The Balaban J connectivity index is 1.42. The van der Waals surface area contributed by atoms with Gasteiger partial charge in [0.25, 0.3) is 0 Å². The topological polar surface area (TPSA) is 69.1 Å². The number of hydrogen-bond donors (Lipinski definition) is 0. The van der Waals surface area contributed by atoms with Crippen molar-refractivity contribution in [2.75, 3.05) is 53.1 Å². The van der Waals surface area contributed by atoms with Crippen molar-refractivity contribution in [2.45, 2.75) is 45.1 Å². The summed E-state index contributed by atoms with van der Waals surface area (Å²) >= 11 is 0. The summed E-state index contributed by atoms with van der Waals surface area (Å²) in [4.78, 5) is 17.0. The second-order valence-corrected chi connectivity index (χ2v) is 7.80. The van der Waals surface area contributed by atoms with Gasteiger partial charge < -0.3 is 19.1 Å². The smallest absolute Gasteiger partial charge is 0.244 e. The van der Waals surface area contributed by atoms with E-state index in [0.29, 0.717) is 32.9 Å². The van der Waals surface area contributed by atoms with E-state index in [1.165, 1.54) is 5.56 Å². The van der Waals surface area contributed by atoms with Crippen LogP contribution in [0.2, 0.25) is 0 Å². The van der Waals surface area contributed by atoms with E-state index in [4.69, 9.17) is 14.2 Å². The second-order valence-electron chi connectivity index (χ2n) is 7.80. The fraction of sp³-hybridized carbons (Fsp3) is 0.789. The molecule has 1 atom stereocenters. The van der Waals surface area contributed by atoms with Crippen molar-refractivity contribution in [3.05, 3.63) is 17.0 Å². The predicted octanol–water partition coefficient (Wildman–Crippen LogP) is 0.869. The van der Waals surface area contributed by atoms with Crippen molar-refractivity contribution < 1.29 is 19.0 Å². The molecule has 8 heteroatoms. The van der Waals surface area contributed by atoms with Crippen molar-refractivity contribution in [1.82, 2.24) is 19.6 Å². The van der Waals surface area contributed by atoms with Crippen LogP contribution in [-0.4, -0.2) is 84.4 Å². The molecule has 4 rings (SSSR count). The number of ether oxygens (including phenoxy) is 3. The molecule has 27 heavy (non-hydrogen) atoms. The molecule has 0 bridgehead atoms. The van der Waals surface area contributed by atoms with E-state index >= 15 is 0 Å². The van der Waals surface area contributed by atoms with Gasteiger partial charge >= 0.3 is 0 Å². The van der Waals surface area contributed by atoms with Gasteiger partial charge in [-0.3, -0.25) is 14.4 Å². The third kappa shape index (κ3) is 3.63. The second kappa shape index (κ2) is 7.50. The molecule has 4 heterocycles. The first kappa shape index (κ1) is 18.9. The minimum atomic E-state index is -0.451. The summed E-state index contributed by atoms with van der Waals surface area (Å²) in [5, 5.41) is 4.66. The van der Waals surface area contributed by atoms with Crippen LogP contribution in [-0.2, 0) is 25.5 Å². The molecule has 1 unspecified atom stereocenters. The van der Waals surface area contributed by atoms with Gasteiger partial charge in [-0.1, -0.05) is 0 Å². The van der Waals surface area contributed by atoms with Crippen molar-refractivity contribution in [3.63, 3.8) is 0 Å². The molecule has 0 aromatic carbocycles. The van der Waals surface area contributed by atoms with Crippen LogP contribution in [0, 0.1) is 13.8 Å². The molecule has 1 aromatic heterocycles. The third-order valence-corrected chi connectivity index (χ3v) is 6.14. The van der Waals surface area contributed by atoms with Crippen molar-refractivity contribution in [1.29, 1.82) is 0 Å². The van der Waals surface area contributed by atoms with Crippen molar-refractivity contribution in [2.24, 2.45) is 0 Å². The SMILES string of the molecule is Cc1nn(CC(=O)N2CCC3(CC2)OCCO3)c(C)c1C1COCCN1C. The predicted molar refractivity (Wildman–Crippen MR) is 98.3 cm³/mol. The Hall–Kier alpha value is -1.48. The van der Waals surface area contributed by atoms with Crippen molar-refractivity contribution >= 4 is 5.91 Å².